The third-order valence-corrected chi connectivity index (χ3v) is 3.24. The van der Waals surface area contributed by atoms with Crippen molar-refractivity contribution in [2.24, 2.45) is 5.92 Å². The second-order valence-corrected chi connectivity index (χ2v) is 4.71. The molecule has 0 bridgehead atoms. The number of anilines is 1. The topological polar surface area (TPSA) is 49.4 Å². The van der Waals surface area contributed by atoms with Gasteiger partial charge < -0.3 is 10.2 Å². The van der Waals surface area contributed by atoms with E-state index in [0.717, 1.165) is 5.69 Å². The van der Waals surface area contributed by atoms with Gasteiger partial charge in [0, 0.05) is 30.2 Å². The van der Waals surface area contributed by atoms with Gasteiger partial charge in [0.1, 0.15) is 0 Å². The number of nitrogens with zero attached hydrogens (tertiary/aromatic N) is 1. The molecule has 0 aliphatic carbocycles. The molecular formula is C13H15ClN2O2. The van der Waals surface area contributed by atoms with Crippen LogP contribution in [0.1, 0.15) is 13.3 Å². The highest BCUT2D eigenvalue weighted by molar-refractivity contribution is 6.30. The van der Waals surface area contributed by atoms with Gasteiger partial charge in [0.15, 0.2) is 0 Å². The zero-order valence-corrected chi connectivity index (χ0v) is 10.9. The summed E-state index contributed by atoms with van der Waals surface area (Å²) in [6, 6.07) is 7.06. The summed E-state index contributed by atoms with van der Waals surface area (Å²) < 4.78 is 0. The van der Waals surface area contributed by atoms with Crippen LogP contribution in [0.25, 0.3) is 0 Å². The molecule has 1 N–H and O–H groups in total. The molecule has 1 aliphatic heterocycles. The molecule has 1 fully saturated rings. The van der Waals surface area contributed by atoms with Crippen LogP contribution in [0.2, 0.25) is 5.02 Å². The molecule has 0 radical (unpaired) electrons. The van der Waals surface area contributed by atoms with E-state index < -0.39 is 0 Å². The number of carbonyl (C=O) groups is 2. The molecule has 96 valence electrons. The molecule has 18 heavy (non-hydrogen) atoms. The number of rotatable bonds is 3. The molecule has 0 saturated carbocycles. The molecule has 0 spiro atoms. The maximum atomic E-state index is 11.9. The molecule has 2 rings (SSSR count). The quantitative estimate of drug-likeness (QED) is 0.907. The monoisotopic (exact) mass is 266 g/mol. The van der Waals surface area contributed by atoms with Crippen LogP contribution in [0.5, 0.6) is 0 Å². The molecule has 1 aromatic rings. The zero-order chi connectivity index (χ0) is 13.1. The predicted molar refractivity (Wildman–Crippen MR) is 70.6 cm³/mol. The molecule has 1 atom stereocenters. The molecular weight excluding hydrogens is 252 g/mol. The summed E-state index contributed by atoms with van der Waals surface area (Å²) >= 11 is 5.81. The summed E-state index contributed by atoms with van der Waals surface area (Å²) in [7, 11) is 0. The molecule has 4 nitrogen and oxygen atoms in total. The van der Waals surface area contributed by atoms with Crippen LogP contribution in [0.15, 0.2) is 24.3 Å². The van der Waals surface area contributed by atoms with Crippen LogP contribution in [0, 0.1) is 5.92 Å². The Morgan fingerprint density at radius 1 is 1.44 bits per heavy atom. The van der Waals surface area contributed by atoms with Crippen LogP contribution < -0.4 is 10.2 Å². The molecule has 2 amide bonds. The molecule has 1 aromatic carbocycles. The van der Waals surface area contributed by atoms with E-state index in [1.54, 1.807) is 29.2 Å². The van der Waals surface area contributed by atoms with Crippen molar-refractivity contribution in [2.75, 3.05) is 18.0 Å². The van der Waals surface area contributed by atoms with Gasteiger partial charge in [-0.2, -0.15) is 0 Å². The lowest BCUT2D eigenvalue weighted by Crippen LogP contribution is -2.32. The average Bonchev–Trinajstić information content (AvgIpc) is 2.73. The summed E-state index contributed by atoms with van der Waals surface area (Å²) in [6.07, 6.45) is 0.272. The van der Waals surface area contributed by atoms with Crippen LogP contribution in [0.3, 0.4) is 0 Å². The van der Waals surface area contributed by atoms with Crippen molar-refractivity contribution in [1.82, 2.24) is 5.32 Å². The first-order valence-corrected chi connectivity index (χ1v) is 6.33. The van der Waals surface area contributed by atoms with Crippen LogP contribution in [0.4, 0.5) is 5.69 Å². The number of halogens is 1. The summed E-state index contributed by atoms with van der Waals surface area (Å²) in [4.78, 5) is 25.2. The summed E-state index contributed by atoms with van der Waals surface area (Å²) in [5.74, 6) is -0.330. The van der Waals surface area contributed by atoms with Gasteiger partial charge in [-0.05, 0) is 31.2 Å². The van der Waals surface area contributed by atoms with Crippen molar-refractivity contribution < 1.29 is 9.59 Å². The predicted octanol–water partition coefficient (Wildman–Crippen LogP) is 1.83. The Kier molecular flexibility index (Phi) is 3.87. The second kappa shape index (κ2) is 5.40. The van der Waals surface area contributed by atoms with Crippen molar-refractivity contribution in [1.29, 1.82) is 0 Å². The van der Waals surface area contributed by atoms with E-state index in [2.05, 4.69) is 5.32 Å². The highest BCUT2D eigenvalue weighted by Crippen LogP contribution is 2.26. The average molecular weight is 267 g/mol. The molecule has 1 unspecified atom stereocenters. The van der Waals surface area contributed by atoms with Gasteiger partial charge in [0.05, 0.1) is 5.92 Å². The number of hydrogen-bond acceptors (Lipinski definition) is 2. The minimum absolute atomic E-state index is 0.0198. The van der Waals surface area contributed by atoms with Crippen molar-refractivity contribution in [3.8, 4) is 0 Å². The lowest BCUT2D eigenvalue weighted by atomic mass is 10.1. The van der Waals surface area contributed by atoms with Crippen LogP contribution >= 0.6 is 11.6 Å². The number of nitrogens with one attached hydrogen (secondary N) is 1. The zero-order valence-electron chi connectivity index (χ0n) is 10.1. The fourth-order valence-electron chi connectivity index (χ4n) is 2.07. The van der Waals surface area contributed by atoms with E-state index in [4.69, 9.17) is 11.6 Å². The van der Waals surface area contributed by atoms with Crippen LogP contribution in [-0.4, -0.2) is 24.9 Å². The summed E-state index contributed by atoms with van der Waals surface area (Å²) in [6.45, 7) is 2.89. The Morgan fingerprint density at radius 2 is 2.11 bits per heavy atom. The lowest BCUT2D eigenvalue weighted by molar-refractivity contribution is -0.126. The van der Waals surface area contributed by atoms with Crippen molar-refractivity contribution in [3.63, 3.8) is 0 Å². The maximum Gasteiger partial charge on any atom is 0.227 e. The second-order valence-electron chi connectivity index (χ2n) is 4.28. The van der Waals surface area contributed by atoms with E-state index in [1.807, 2.05) is 6.92 Å². The Hall–Kier alpha value is -1.55. The van der Waals surface area contributed by atoms with E-state index in [-0.39, 0.29) is 24.2 Å². The SMILES string of the molecule is CCNC(=O)C1CC(=O)N(c2ccc(Cl)cc2)C1. The molecule has 1 saturated heterocycles. The van der Waals surface area contributed by atoms with E-state index in [1.165, 1.54) is 0 Å². The third kappa shape index (κ3) is 2.64. The van der Waals surface area contributed by atoms with Gasteiger partial charge in [-0.25, -0.2) is 0 Å². The summed E-state index contributed by atoms with van der Waals surface area (Å²) in [5.41, 5.74) is 0.788. The van der Waals surface area contributed by atoms with Crippen molar-refractivity contribution in [2.45, 2.75) is 13.3 Å². The Morgan fingerprint density at radius 3 is 2.72 bits per heavy atom. The fraction of sp³-hybridized carbons (Fsp3) is 0.385. The highest BCUT2D eigenvalue weighted by atomic mass is 35.5. The Labute approximate surface area is 111 Å². The van der Waals surface area contributed by atoms with Gasteiger partial charge >= 0.3 is 0 Å². The highest BCUT2D eigenvalue weighted by Gasteiger charge is 2.34. The maximum absolute atomic E-state index is 11.9. The van der Waals surface area contributed by atoms with Crippen LogP contribution in [-0.2, 0) is 9.59 Å². The normalized spacial score (nSPS) is 19.1. The lowest BCUT2D eigenvalue weighted by Gasteiger charge is -2.16. The first kappa shape index (κ1) is 12.9. The van der Waals surface area contributed by atoms with Gasteiger partial charge in [-0.3, -0.25) is 9.59 Å². The van der Waals surface area contributed by atoms with Crippen molar-refractivity contribution >= 4 is 29.1 Å². The van der Waals surface area contributed by atoms with Gasteiger partial charge in [0.2, 0.25) is 11.8 Å². The minimum atomic E-state index is -0.256. The molecule has 1 heterocycles. The standard InChI is InChI=1S/C13H15ClN2O2/c1-2-15-13(18)9-7-12(17)16(8-9)11-5-3-10(14)4-6-11/h3-6,9H,2,7-8H2,1H3,(H,15,18). The molecule has 1 aliphatic rings. The van der Waals surface area contributed by atoms with Gasteiger partial charge in [-0.1, -0.05) is 11.6 Å². The Bertz CT molecular complexity index is 459. The van der Waals surface area contributed by atoms with E-state index in [0.29, 0.717) is 18.1 Å². The number of carbonyl (C=O) groups excluding carboxylic acids is 2. The minimum Gasteiger partial charge on any atom is -0.356 e. The fourth-order valence-corrected chi connectivity index (χ4v) is 2.20. The summed E-state index contributed by atoms with van der Waals surface area (Å²) in [5, 5.41) is 3.38. The first-order valence-electron chi connectivity index (χ1n) is 5.95. The Balaban J connectivity index is 2.10. The number of benzene rings is 1. The molecule has 5 heteroatoms. The first-order chi connectivity index (χ1) is 8.61. The number of amides is 2. The van der Waals surface area contributed by atoms with Gasteiger partial charge in [-0.15, -0.1) is 0 Å². The van der Waals surface area contributed by atoms with Crippen molar-refractivity contribution in [3.05, 3.63) is 29.3 Å². The number of hydrogen-bond donors (Lipinski definition) is 1. The molecule has 0 aromatic heterocycles. The smallest absolute Gasteiger partial charge is 0.227 e. The third-order valence-electron chi connectivity index (χ3n) is 2.99. The largest absolute Gasteiger partial charge is 0.356 e. The van der Waals surface area contributed by atoms with E-state index >= 15 is 0 Å². The van der Waals surface area contributed by atoms with Gasteiger partial charge in [0.25, 0.3) is 0 Å². The van der Waals surface area contributed by atoms with E-state index in [9.17, 15) is 9.59 Å².